The number of aliphatic hydroxyl groups is 1. The van der Waals surface area contributed by atoms with Crippen LogP contribution < -0.4 is 19.4 Å². The zero-order valence-corrected chi connectivity index (χ0v) is 27.2. The van der Waals surface area contributed by atoms with Crippen LogP contribution in [0.3, 0.4) is 0 Å². The number of rotatable bonds is 5. The third kappa shape index (κ3) is 4.04. The summed E-state index contributed by atoms with van der Waals surface area (Å²) in [6.07, 6.45) is 9.65. The van der Waals surface area contributed by atoms with E-state index in [1.807, 2.05) is 12.1 Å². The van der Waals surface area contributed by atoms with Crippen molar-refractivity contribution in [2.75, 3.05) is 20.5 Å². The number of nitrogens with one attached hydrogen (secondary N) is 1. The van der Waals surface area contributed by atoms with Crippen LogP contribution in [0.1, 0.15) is 88.9 Å². The SMILES string of the molecule is COc1cccc2c1cc([NH+]([O-])O)c1c(C(=O)OC3(CO)CC45CCC6C(C)(C)CCCC6(C)C4CCC3C5)cc3c(c12)OCO3. The van der Waals surface area contributed by atoms with Crippen molar-refractivity contribution in [3.63, 3.8) is 0 Å². The zero-order chi connectivity index (χ0) is 32.2. The lowest BCUT2D eigenvalue weighted by Gasteiger charge is -2.63. The van der Waals surface area contributed by atoms with E-state index in [4.69, 9.17) is 18.9 Å². The van der Waals surface area contributed by atoms with Gasteiger partial charge in [0.2, 0.25) is 6.79 Å². The molecule has 246 valence electrons. The maximum atomic E-state index is 14.5. The molecular formula is C37H45NO8. The maximum Gasteiger partial charge on any atom is 0.339 e. The monoisotopic (exact) mass is 631 g/mol. The van der Waals surface area contributed by atoms with E-state index in [1.165, 1.54) is 32.8 Å². The Kier molecular flexibility index (Phi) is 6.70. The molecule has 8 rings (SSSR count). The van der Waals surface area contributed by atoms with Gasteiger partial charge in [-0.15, -0.1) is 0 Å². The average Bonchev–Trinajstić information content (AvgIpc) is 3.59. The van der Waals surface area contributed by atoms with Gasteiger partial charge in [0, 0.05) is 22.8 Å². The third-order valence-corrected chi connectivity index (χ3v) is 13.4. The zero-order valence-electron chi connectivity index (χ0n) is 27.2. The van der Waals surface area contributed by atoms with Crippen LogP contribution in [0, 0.1) is 39.2 Å². The second kappa shape index (κ2) is 10.2. The number of fused-ring (bicyclic) bond motifs is 8. The fourth-order valence-corrected chi connectivity index (χ4v) is 11.7. The van der Waals surface area contributed by atoms with Crippen molar-refractivity contribution in [2.24, 2.45) is 34.0 Å². The van der Waals surface area contributed by atoms with Crippen LogP contribution in [0.25, 0.3) is 21.5 Å². The molecule has 3 aromatic rings. The van der Waals surface area contributed by atoms with Crippen LogP contribution in [0.4, 0.5) is 5.69 Å². The van der Waals surface area contributed by atoms with Crippen molar-refractivity contribution in [1.82, 2.24) is 0 Å². The Morgan fingerprint density at radius 3 is 2.63 bits per heavy atom. The quantitative estimate of drug-likeness (QED) is 0.167. The molecule has 1 spiro atoms. The molecule has 46 heavy (non-hydrogen) atoms. The minimum Gasteiger partial charge on any atom is -0.595 e. The summed E-state index contributed by atoms with van der Waals surface area (Å²) in [7, 11) is 1.54. The van der Waals surface area contributed by atoms with E-state index < -0.39 is 16.8 Å². The highest BCUT2D eigenvalue weighted by atomic mass is 16.8. The highest BCUT2D eigenvalue weighted by molar-refractivity contribution is 6.22. The van der Waals surface area contributed by atoms with Gasteiger partial charge in [0.25, 0.3) is 0 Å². The van der Waals surface area contributed by atoms with E-state index in [-0.39, 0.29) is 46.8 Å². The molecule has 1 heterocycles. The Balaban J connectivity index is 1.22. The molecule has 4 saturated carbocycles. The number of aliphatic hydroxyl groups excluding tert-OH is 1. The van der Waals surface area contributed by atoms with Crippen molar-refractivity contribution in [3.8, 4) is 17.2 Å². The molecule has 3 N–H and O–H groups in total. The Labute approximate surface area is 269 Å². The summed E-state index contributed by atoms with van der Waals surface area (Å²) in [6, 6.07) is 8.56. The number of hydrogen-bond acceptors (Lipinski definition) is 8. The second-order valence-electron chi connectivity index (χ2n) is 15.8. The van der Waals surface area contributed by atoms with Gasteiger partial charge in [-0.25, -0.2) is 10.0 Å². The molecule has 0 amide bonds. The molecule has 9 heteroatoms. The van der Waals surface area contributed by atoms with E-state index in [0.717, 1.165) is 25.7 Å². The molecule has 3 aromatic carbocycles. The van der Waals surface area contributed by atoms with E-state index in [1.54, 1.807) is 18.2 Å². The number of methoxy groups -OCH3 is 1. The van der Waals surface area contributed by atoms with E-state index in [2.05, 4.69) is 20.8 Å². The van der Waals surface area contributed by atoms with Crippen molar-refractivity contribution in [2.45, 2.75) is 84.2 Å². The van der Waals surface area contributed by atoms with Crippen LogP contribution in [0.15, 0.2) is 30.3 Å². The molecule has 2 bridgehead atoms. The molecule has 9 nitrogen and oxygen atoms in total. The Bertz CT molecular complexity index is 1750. The van der Waals surface area contributed by atoms with Gasteiger partial charge in [-0.2, -0.15) is 5.23 Å². The standard InChI is InChI=1S/C37H45NO8/c1-34(2)12-6-13-35(3)28(34)11-14-36-17-21(9-10-29(35)36)37(18-36,19-39)46-33(40)24-16-27-32(45-20-44-27)31-22-7-5-8-26(43-4)23(22)15-25(30(24)31)38(41)42/h5,7-8,15-16,21,28-29,38-39,41H,6,9-14,17-20H2,1-4H3. The number of ether oxygens (including phenoxy) is 4. The number of hydrogen-bond donors (Lipinski definition) is 3. The lowest BCUT2D eigenvalue weighted by molar-refractivity contribution is -0.990. The lowest BCUT2D eigenvalue weighted by atomic mass is 9.41. The van der Waals surface area contributed by atoms with E-state index in [9.17, 15) is 20.3 Å². The smallest absolute Gasteiger partial charge is 0.339 e. The normalized spacial score (nSPS) is 34.6. The first-order valence-corrected chi connectivity index (χ1v) is 16.9. The second-order valence-corrected chi connectivity index (χ2v) is 15.8. The molecular weight excluding hydrogens is 586 g/mol. The Morgan fingerprint density at radius 2 is 1.87 bits per heavy atom. The third-order valence-electron chi connectivity index (χ3n) is 13.4. The van der Waals surface area contributed by atoms with Gasteiger partial charge in [0.1, 0.15) is 11.4 Å². The summed E-state index contributed by atoms with van der Waals surface area (Å²) in [4.78, 5) is 14.5. The van der Waals surface area contributed by atoms with E-state index >= 15 is 0 Å². The van der Waals surface area contributed by atoms with Crippen LogP contribution in [0.2, 0.25) is 0 Å². The number of carbonyl (C=O) groups is 1. The van der Waals surface area contributed by atoms with Crippen LogP contribution in [-0.2, 0) is 4.74 Å². The topological polar surface area (TPSA) is 122 Å². The summed E-state index contributed by atoms with van der Waals surface area (Å²) in [5.41, 5.74) is -0.376. The van der Waals surface area contributed by atoms with Crippen molar-refractivity contribution >= 4 is 33.2 Å². The van der Waals surface area contributed by atoms with Gasteiger partial charge < -0.3 is 29.3 Å². The molecule has 5 aliphatic rings. The first-order chi connectivity index (χ1) is 22.0. The van der Waals surface area contributed by atoms with Gasteiger partial charge >= 0.3 is 5.97 Å². The minimum atomic E-state index is -1.18. The van der Waals surface area contributed by atoms with Gasteiger partial charge in [-0.3, -0.25) is 0 Å². The molecule has 0 radical (unpaired) electrons. The van der Waals surface area contributed by atoms with E-state index in [0.29, 0.717) is 57.1 Å². The molecule has 4 aliphatic carbocycles. The minimum absolute atomic E-state index is 0.0283. The first-order valence-electron chi connectivity index (χ1n) is 16.9. The van der Waals surface area contributed by atoms with Gasteiger partial charge in [-0.05, 0) is 97.0 Å². The molecule has 0 saturated heterocycles. The van der Waals surface area contributed by atoms with Crippen molar-refractivity contribution < 1.29 is 39.3 Å². The Morgan fingerprint density at radius 1 is 1.04 bits per heavy atom. The van der Waals surface area contributed by atoms with Crippen molar-refractivity contribution in [1.29, 1.82) is 0 Å². The van der Waals surface area contributed by atoms with Crippen LogP contribution in [-0.4, -0.2) is 42.4 Å². The summed E-state index contributed by atoms with van der Waals surface area (Å²) in [5.74, 6) is 1.89. The van der Waals surface area contributed by atoms with Gasteiger partial charge in [0.05, 0.1) is 24.7 Å². The molecule has 4 fully saturated rings. The molecule has 7 unspecified atom stereocenters. The number of carbonyl (C=O) groups excluding carboxylic acids is 1. The maximum absolute atomic E-state index is 14.5. The van der Waals surface area contributed by atoms with Crippen LogP contribution in [0.5, 0.6) is 17.2 Å². The molecule has 1 aliphatic heterocycles. The van der Waals surface area contributed by atoms with Crippen LogP contribution >= 0.6 is 0 Å². The fraction of sp³-hybridized carbons (Fsp3) is 0.595. The highest BCUT2D eigenvalue weighted by Gasteiger charge is 2.68. The summed E-state index contributed by atoms with van der Waals surface area (Å²) in [5, 5.41) is 35.2. The predicted molar refractivity (Wildman–Crippen MR) is 171 cm³/mol. The average molecular weight is 632 g/mol. The largest absolute Gasteiger partial charge is 0.595 e. The van der Waals surface area contributed by atoms with Gasteiger partial charge in [0.15, 0.2) is 17.2 Å². The lowest BCUT2D eigenvalue weighted by Crippen LogP contribution is -2.99. The first kappa shape index (κ1) is 30.2. The summed E-state index contributed by atoms with van der Waals surface area (Å²) in [6.45, 7) is 7.13. The molecule has 0 aromatic heterocycles. The number of quaternary nitrogens is 1. The van der Waals surface area contributed by atoms with Gasteiger partial charge in [-0.1, -0.05) is 39.3 Å². The summed E-state index contributed by atoms with van der Waals surface area (Å²) >= 11 is 0. The Hall–Kier alpha value is -3.11. The summed E-state index contributed by atoms with van der Waals surface area (Å²) < 4.78 is 23.8. The van der Waals surface area contributed by atoms with Crippen molar-refractivity contribution in [3.05, 3.63) is 41.1 Å². The highest BCUT2D eigenvalue weighted by Crippen LogP contribution is 2.73. The molecule has 7 atom stereocenters. The fourth-order valence-electron chi connectivity index (χ4n) is 11.7. The predicted octanol–water partition coefficient (Wildman–Crippen LogP) is 6.45. The number of esters is 1. The number of benzene rings is 3.